The van der Waals surface area contributed by atoms with Gasteiger partial charge in [-0.25, -0.2) is 0 Å². The molecule has 2 aliphatic heterocycles. The van der Waals surface area contributed by atoms with E-state index in [-0.39, 0.29) is 5.91 Å². The Balaban J connectivity index is 1.33. The lowest BCUT2D eigenvalue weighted by Crippen LogP contribution is -2.32. The number of hydrogen-bond donors (Lipinski definition) is 1. The number of carbonyl (C=O) groups excluding carboxylic acids is 1. The van der Waals surface area contributed by atoms with Crippen LogP contribution in [0.1, 0.15) is 11.1 Å². The Hall–Kier alpha value is -2.04. The van der Waals surface area contributed by atoms with Gasteiger partial charge in [0.05, 0.1) is 6.42 Å². The van der Waals surface area contributed by atoms with Crippen molar-refractivity contribution in [3.63, 3.8) is 0 Å². The van der Waals surface area contributed by atoms with E-state index < -0.39 is 0 Å². The number of ether oxygens (including phenoxy) is 1. The first kappa shape index (κ1) is 17.4. The van der Waals surface area contributed by atoms with Crippen molar-refractivity contribution in [1.82, 2.24) is 10.2 Å². The van der Waals surface area contributed by atoms with E-state index in [1.165, 1.54) is 0 Å². The van der Waals surface area contributed by atoms with Crippen molar-refractivity contribution in [2.24, 2.45) is 11.8 Å². The zero-order valence-corrected chi connectivity index (χ0v) is 15.4. The average Bonchev–Trinajstić information content (AvgIpc) is 3.24. The van der Waals surface area contributed by atoms with Gasteiger partial charge < -0.3 is 15.0 Å². The van der Waals surface area contributed by atoms with Gasteiger partial charge in [-0.05, 0) is 47.2 Å². The molecule has 2 saturated heterocycles. The zero-order chi connectivity index (χ0) is 17.9. The molecule has 4 rings (SSSR count). The summed E-state index contributed by atoms with van der Waals surface area (Å²) in [4.78, 5) is 14.6. The predicted molar refractivity (Wildman–Crippen MR) is 102 cm³/mol. The van der Waals surface area contributed by atoms with Crippen LogP contribution in [0.4, 0.5) is 0 Å². The van der Waals surface area contributed by atoms with Crippen LogP contribution in [0.2, 0.25) is 5.02 Å². The molecule has 2 aliphatic rings. The van der Waals surface area contributed by atoms with Crippen molar-refractivity contribution in [2.45, 2.75) is 13.0 Å². The van der Waals surface area contributed by atoms with Crippen LogP contribution in [0, 0.1) is 11.8 Å². The van der Waals surface area contributed by atoms with E-state index in [0.717, 1.165) is 48.1 Å². The highest BCUT2D eigenvalue weighted by molar-refractivity contribution is 6.30. The van der Waals surface area contributed by atoms with E-state index in [0.29, 0.717) is 24.9 Å². The normalized spacial score (nSPS) is 21.7. The van der Waals surface area contributed by atoms with Gasteiger partial charge in [-0.3, -0.25) is 4.79 Å². The molecule has 2 atom stereocenters. The minimum absolute atomic E-state index is 0.217. The summed E-state index contributed by atoms with van der Waals surface area (Å²) in [6.45, 7) is 4.36. The number of amides is 1. The summed E-state index contributed by atoms with van der Waals surface area (Å²) in [5, 5.41) is 4.13. The lowest BCUT2D eigenvalue weighted by molar-refractivity contribution is -0.129. The average molecular weight is 371 g/mol. The first-order valence-electron chi connectivity index (χ1n) is 9.12. The molecule has 0 spiro atoms. The van der Waals surface area contributed by atoms with E-state index in [1.807, 2.05) is 53.4 Å². The summed E-state index contributed by atoms with van der Waals surface area (Å²) in [7, 11) is 0. The van der Waals surface area contributed by atoms with Crippen LogP contribution in [-0.2, 0) is 17.8 Å². The number of fused-ring (bicyclic) bond motifs is 1. The van der Waals surface area contributed by atoms with Gasteiger partial charge in [-0.2, -0.15) is 0 Å². The molecular formula is C21H23ClN2O2. The van der Waals surface area contributed by atoms with Crippen LogP contribution in [-0.4, -0.2) is 37.0 Å². The largest absolute Gasteiger partial charge is 0.489 e. The number of benzene rings is 2. The molecule has 0 radical (unpaired) electrons. The van der Waals surface area contributed by atoms with E-state index >= 15 is 0 Å². The highest BCUT2D eigenvalue weighted by Gasteiger charge is 2.37. The molecule has 1 amide bonds. The second-order valence-electron chi connectivity index (χ2n) is 7.22. The van der Waals surface area contributed by atoms with Crippen molar-refractivity contribution in [3.05, 3.63) is 64.7 Å². The topological polar surface area (TPSA) is 41.6 Å². The minimum Gasteiger partial charge on any atom is -0.489 e. The summed E-state index contributed by atoms with van der Waals surface area (Å²) in [5.74, 6) is 2.27. The SMILES string of the molecule is O=C(Cc1cccc(OCc2ccc(Cl)cc2)c1)N1C[C@H]2CNC[C@H]2C1. The van der Waals surface area contributed by atoms with Gasteiger partial charge >= 0.3 is 0 Å². The van der Waals surface area contributed by atoms with Crippen LogP contribution < -0.4 is 10.1 Å². The number of rotatable bonds is 5. The fourth-order valence-electron chi connectivity index (χ4n) is 3.84. The van der Waals surface area contributed by atoms with E-state index in [4.69, 9.17) is 16.3 Å². The number of hydrogen-bond acceptors (Lipinski definition) is 3. The molecule has 0 aromatic heterocycles. The number of nitrogens with one attached hydrogen (secondary N) is 1. The maximum atomic E-state index is 12.6. The Bertz CT molecular complexity index is 766. The number of halogens is 1. The molecule has 0 bridgehead atoms. The fourth-order valence-corrected chi connectivity index (χ4v) is 3.96. The highest BCUT2D eigenvalue weighted by Crippen LogP contribution is 2.27. The van der Waals surface area contributed by atoms with Crippen molar-refractivity contribution in [1.29, 1.82) is 0 Å². The van der Waals surface area contributed by atoms with E-state index in [9.17, 15) is 4.79 Å². The Morgan fingerprint density at radius 1 is 1.08 bits per heavy atom. The molecule has 2 aromatic carbocycles. The maximum absolute atomic E-state index is 12.6. The molecule has 2 fully saturated rings. The highest BCUT2D eigenvalue weighted by atomic mass is 35.5. The van der Waals surface area contributed by atoms with Crippen molar-refractivity contribution in [3.8, 4) is 5.75 Å². The molecule has 0 aliphatic carbocycles. The van der Waals surface area contributed by atoms with Crippen LogP contribution in [0.25, 0.3) is 0 Å². The summed E-state index contributed by atoms with van der Waals surface area (Å²) < 4.78 is 5.86. The molecule has 136 valence electrons. The van der Waals surface area contributed by atoms with Crippen LogP contribution in [0.15, 0.2) is 48.5 Å². The van der Waals surface area contributed by atoms with Crippen molar-refractivity contribution < 1.29 is 9.53 Å². The zero-order valence-electron chi connectivity index (χ0n) is 14.7. The lowest BCUT2D eigenvalue weighted by Gasteiger charge is -2.17. The fraction of sp³-hybridized carbons (Fsp3) is 0.381. The number of carbonyl (C=O) groups is 1. The summed E-state index contributed by atoms with van der Waals surface area (Å²) in [6, 6.07) is 15.5. The Labute approximate surface area is 159 Å². The third kappa shape index (κ3) is 4.02. The molecule has 5 heteroatoms. The van der Waals surface area contributed by atoms with Crippen LogP contribution in [0.5, 0.6) is 5.75 Å². The Kier molecular flexibility index (Phi) is 5.14. The molecule has 0 unspecified atom stereocenters. The van der Waals surface area contributed by atoms with Gasteiger partial charge in [0, 0.05) is 31.2 Å². The van der Waals surface area contributed by atoms with E-state index in [2.05, 4.69) is 5.32 Å². The maximum Gasteiger partial charge on any atom is 0.227 e. The lowest BCUT2D eigenvalue weighted by atomic mass is 10.0. The standard InChI is InChI=1S/C21H23ClN2O2/c22-19-6-4-15(5-7-19)14-26-20-3-1-2-16(8-20)9-21(25)24-12-17-10-23-11-18(17)13-24/h1-8,17-18,23H,9-14H2/t17-,18+. The second-order valence-corrected chi connectivity index (χ2v) is 7.65. The first-order valence-corrected chi connectivity index (χ1v) is 9.50. The summed E-state index contributed by atoms with van der Waals surface area (Å²) >= 11 is 5.90. The molecule has 26 heavy (non-hydrogen) atoms. The Morgan fingerprint density at radius 2 is 1.81 bits per heavy atom. The Morgan fingerprint density at radius 3 is 2.54 bits per heavy atom. The van der Waals surface area contributed by atoms with Crippen LogP contribution >= 0.6 is 11.6 Å². The van der Waals surface area contributed by atoms with Gasteiger partial charge in [0.1, 0.15) is 12.4 Å². The monoisotopic (exact) mass is 370 g/mol. The third-order valence-corrected chi connectivity index (χ3v) is 5.57. The number of nitrogens with zero attached hydrogens (tertiary/aromatic N) is 1. The quantitative estimate of drug-likeness (QED) is 0.879. The van der Waals surface area contributed by atoms with Gasteiger partial charge in [-0.15, -0.1) is 0 Å². The first-order chi connectivity index (χ1) is 12.7. The summed E-state index contributed by atoms with van der Waals surface area (Å²) in [5.41, 5.74) is 2.06. The molecule has 2 heterocycles. The van der Waals surface area contributed by atoms with Gasteiger partial charge in [0.15, 0.2) is 0 Å². The van der Waals surface area contributed by atoms with Gasteiger partial charge in [-0.1, -0.05) is 35.9 Å². The molecule has 1 N–H and O–H groups in total. The number of likely N-dealkylation sites (tertiary alicyclic amines) is 1. The third-order valence-electron chi connectivity index (χ3n) is 5.31. The van der Waals surface area contributed by atoms with E-state index in [1.54, 1.807) is 0 Å². The van der Waals surface area contributed by atoms with Crippen molar-refractivity contribution >= 4 is 17.5 Å². The van der Waals surface area contributed by atoms with Gasteiger partial charge in [0.2, 0.25) is 5.91 Å². The predicted octanol–water partition coefficient (Wildman–Crippen LogP) is 3.14. The molecule has 2 aromatic rings. The molecule has 4 nitrogen and oxygen atoms in total. The van der Waals surface area contributed by atoms with Gasteiger partial charge in [0.25, 0.3) is 0 Å². The van der Waals surface area contributed by atoms with Crippen molar-refractivity contribution in [2.75, 3.05) is 26.2 Å². The molecule has 0 saturated carbocycles. The molecular weight excluding hydrogens is 348 g/mol. The van der Waals surface area contributed by atoms with Crippen LogP contribution in [0.3, 0.4) is 0 Å². The minimum atomic E-state index is 0.217. The second kappa shape index (κ2) is 7.68. The summed E-state index contributed by atoms with van der Waals surface area (Å²) in [6.07, 6.45) is 0.436. The smallest absolute Gasteiger partial charge is 0.227 e.